The molecule has 2 N–H and O–H groups in total. The van der Waals surface area contributed by atoms with E-state index in [0.29, 0.717) is 5.57 Å². The predicted molar refractivity (Wildman–Crippen MR) is 94.4 cm³/mol. The number of thiazole rings is 1. The number of hydrogen-bond acceptors (Lipinski definition) is 3. The van der Waals surface area contributed by atoms with Crippen molar-refractivity contribution < 1.29 is 4.79 Å². The van der Waals surface area contributed by atoms with Gasteiger partial charge in [0, 0.05) is 28.2 Å². The fourth-order valence-corrected chi connectivity index (χ4v) is 3.96. The lowest BCUT2D eigenvalue weighted by molar-refractivity contribution is -0.110. The quantitative estimate of drug-likeness (QED) is 0.515. The molecule has 23 heavy (non-hydrogen) atoms. The Kier molecular flexibility index (Phi) is 2.49. The highest BCUT2D eigenvalue weighted by atomic mass is 32.1. The number of anilines is 1. The van der Waals surface area contributed by atoms with Crippen molar-refractivity contribution in [1.29, 1.82) is 0 Å². The lowest BCUT2D eigenvalue weighted by Crippen LogP contribution is -2.03. The second-order valence-electron chi connectivity index (χ2n) is 5.49. The van der Waals surface area contributed by atoms with Crippen LogP contribution in [0.5, 0.6) is 0 Å². The van der Waals surface area contributed by atoms with Gasteiger partial charge in [0.1, 0.15) is 0 Å². The van der Waals surface area contributed by atoms with E-state index < -0.39 is 0 Å². The van der Waals surface area contributed by atoms with Crippen molar-refractivity contribution in [3.05, 3.63) is 59.2 Å². The topological polar surface area (TPSA) is 57.8 Å². The fraction of sp³-hybridized carbons (Fsp3) is 0. The van der Waals surface area contributed by atoms with Crippen LogP contribution in [0.2, 0.25) is 0 Å². The molecule has 0 bridgehead atoms. The average molecular weight is 317 g/mol. The molecule has 5 heteroatoms. The van der Waals surface area contributed by atoms with Gasteiger partial charge in [-0.3, -0.25) is 4.79 Å². The van der Waals surface area contributed by atoms with E-state index in [1.54, 1.807) is 11.3 Å². The molecule has 1 aliphatic heterocycles. The van der Waals surface area contributed by atoms with Gasteiger partial charge in [0.25, 0.3) is 5.91 Å². The fourth-order valence-electron chi connectivity index (χ4n) is 3.11. The Balaban J connectivity index is 1.78. The number of amides is 1. The van der Waals surface area contributed by atoms with E-state index in [9.17, 15) is 4.79 Å². The van der Waals surface area contributed by atoms with E-state index in [2.05, 4.69) is 21.4 Å². The lowest BCUT2D eigenvalue weighted by atomic mass is 10.0. The largest absolute Gasteiger partial charge is 0.361 e. The van der Waals surface area contributed by atoms with Crippen molar-refractivity contribution in [2.75, 3.05) is 5.32 Å². The maximum atomic E-state index is 12.5. The first kappa shape index (κ1) is 12.6. The summed E-state index contributed by atoms with van der Waals surface area (Å²) in [6.07, 6.45) is 3.90. The molecule has 2 aromatic carbocycles. The number of para-hydroxylation sites is 1. The molecule has 0 fully saturated rings. The van der Waals surface area contributed by atoms with E-state index in [-0.39, 0.29) is 5.91 Å². The molecular weight excluding hydrogens is 306 g/mol. The number of fused-ring (bicyclic) bond motifs is 4. The number of aromatic nitrogens is 2. The van der Waals surface area contributed by atoms with Gasteiger partial charge in [0.05, 0.1) is 27.0 Å². The van der Waals surface area contributed by atoms with Gasteiger partial charge in [-0.1, -0.05) is 18.2 Å². The molecule has 4 nitrogen and oxygen atoms in total. The molecule has 4 aromatic rings. The van der Waals surface area contributed by atoms with Gasteiger partial charge in [0.15, 0.2) is 0 Å². The molecule has 0 saturated carbocycles. The second kappa shape index (κ2) is 4.54. The molecule has 0 radical (unpaired) electrons. The molecule has 0 aliphatic carbocycles. The Hall–Kier alpha value is -2.92. The van der Waals surface area contributed by atoms with Crippen LogP contribution >= 0.6 is 11.3 Å². The predicted octanol–water partition coefficient (Wildman–Crippen LogP) is 4.27. The normalized spacial score (nSPS) is 15.5. The highest BCUT2D eigenvalue weighted by molar-refractivity contribution is 7.17. The molecule has 3 heterocycles. The van der Waals surface area contributed by atoms with Crippen molar-refractivity contribution >= 4 is 55.7 Å². The first-order valence-electron chi connectivity index (χ1n) is 7.27. The number of nitrogens with one attached hydrogen (secondary N) is 2. The van der Waals surface area contributed by atoms with Crippen LogP contribution in [0.25, 0.3) is 32.8 Å². The van der Waals surface area contributed by atoms with Crippen LogP contribution in [0.4, 0.5) is 5.69 Å². The Morgan fingerprint density at radius 3 is 3.00 bits per heavy atom. The van der Waals surface area contributed by atoms with E-state index >= 15 is 0 Å². The third-order valence-corrected chi connectivity index (χ3v) is 5.04. The van der Waals surface area contributed by atoms with Gasteiger partial charge in [-0.15, -0.1) is 11.3 Å². The smallest absolute Gasteiger partial charge is 0.256 e. The van der Waals surface area contributed by atoms with E-state index in [0.717, 1.165) is 37.9 Å². The molecule has 5 rings (SSSR count). The average Bonchev–Trinajstić information content (AvgIpc) is 3.26. The summed E-state index contributed by atoms with van der Waals surface area (Å²) in [6, 6.07) is 11.9. The summed E-state index contributed by atoms with van der Waals surface area (Å²) in [6.45, 7) is 0. The van der Waals surface area contributed by atoms with E-state index in [1.165, 1.54) is 0 Å². The maximum Gasteiger partial charge on any atom is 0.256 e. The number of aromatic amines is 1. The van der Waals surface area contributed by atoms with Crippen molar-refractivity contribution in [2.24, 2.45) is 0 Å². The minimum Gasteiger partial charge on any atom is -0.361 e. The van der Waals surface area contributed by atoms with Gasteiger partial charge in [-0.25, -0.2) is 4.98 Å². The molecule has 0 atom stereocenters. The van der Waals surface area contributed by atoms with Crippen molar-refractivity contribution in [3.63, 3.8) is 0 Å². The van der Waals surface area contributed by atoms with Crippen LogP contribution in [0.1, 0.15) is 11.1 Å². The molecule has 0 spiro atoms. The van der Waals surface area contributed by atoms with Gasteiger partial charge >= 0.3 is 0 Å². The summed E-state index contributed by atoms with van der Waals surface area (Å²) in [7, 11) is 0. The zero-order valence-corrected chi connectivity index (χ0v) is 12.8. The zero-order chi connectivity index (χ0) is 15.4. The molecule has 1 amide bonds. The van der Waals surface area contributed by atoms with E-state index in [4.69, 9.17) is 0 Å². The lowest BCUT2D eigenvalue weighted by Gasteiger charge is -2.00. The monoisotopic (exact) mass is 317 g/mol. The number of H-pyrrole nitrogens is 1. The summed E-state index contributed by atoms with van der Waals surface area (Å²) in [5.41, 5.74) is 7.33. The zero-order valence-electron chi connectivity index (χ0n) is 12.0. The van der Waals surface area contributed by atoms with Gasteiger partial charge in [-0.05, 0) is 24.3 Å². The molecular formula is C18H11N3OS. The standard InChI is InChI=1S/C18H11N3OS/c22-18-12(7-10-8-19-13-4-2-1-3-11(10)13)16-14(21-18)5-6-15-17(16)23-9-20-15/h1-9,19H,(H,21,22)/b12-7-. The van der Waals surface area contributed by atoms with E-state index in [1.807, 2.05) is 48.1 Å². The van der Waals surface area contributed by atoms with Crippen LogP contribution in [0.15, 0.2) is 48.1 Å². The minimum absolute atomic E-state index is 0.0637. The van der Waals surface area contributed by atoms with Gasteiger partial charge < -0.3 is 10.3 Å². The Bertz CT molecular complexity index is 1120. The van der Waals surface area contributed by atoms with Crippen LogP contribution in [-0.2, 0) is 4.79 Å². The molecule has 0 unspecified atom stereocenters. The SMILES string of the molecule is O=C1Nc2ccc3ncsc3c2/C1=C/c1c[nH]c2ccccc12. The summed E-state index contributed by atoms with van der Waals surface area (Å²) in [5.74, 6) is -0.0637. The summed E-state index contributed by atoms with van der Waals surface area (Å²) in [4.78, 5) is 20.0. The summed E-state index contributed by atoms with van der Waals surface area (Å²) >= 11 is 1.56. The Morgan fingerprint density at radius 2 is 2.04 bits per heavy atom. The number of hydrogen-bond donors (Lipinski definition) is 2. The number of benzene rings is 2. The highest BCUT2D eigenvalue weighted by Gasteiger charge is 2.27. The van der Waals surface area contributed by atoms with Crippen molar-refractivity contribution in [3.8, 4) is 0 Å². The Morgan fingerprint density at radius 1 is 1.13 bits per heavy atom. The van der Waals surface area contributed by atoms with Gasteiger partial charge in [-0.2, -0.15) is 0 Å². The molecule has 110 valence electrons. The molecule has 0 saturated heterocycles. The van der Waals surface area contributed by atoms with Crippen LogP contribution in [0.3, 0.4) is 0 Å². The highest BCUT2D eigenvalue weighted by Crippen LogP contribution is 2.40. The molecule has 1 aliphatic rings. The molecule has 2 aromatic heterocycles. The van der Waals surface area contributed by atoms with Crippen LogP contribution in [-0.4, -0.2) is 15.9 Å². The number of rotatable bonds is 1. The van der Waals surface area contributed by atoms with Crippen molar-refractivity contribution in [2.45, 2.75) is 0 Å². The summed E-state index contributed by atoms with van der Waals surface area (Å²) < 4.78 is 1.05. The first-order valence-corrected chi connectivity index (χ1v) is 8.15. The number of carbonyl (C=O) groups is 1. The number of nitrogens with zero attached hydrogens (tertiary/aromatic N) is 1. The van der Waals surface area contributed by atoms with Gasteiger partial charge in [0.2, 0.25) is 0 Å². The minimum atomic E-state index is -0.0637. The maximum absolute atomic E-state index is 12.5. The van der Waals surface area contributed by atoms with Crippen molar-refractivity contribution in [1.82, 2.24) is 9.97 Å². The number of carbonyl (C=O) groups excluding carboxylic acids is 1. The van der Waals surface area contributed by atoms with Crippen LogP contribution in [0, 0.1) is 0 Å². The third kappa shape index (κ3) is 1.77. The Labute approximate surface area is 135 Å². The third-order valence-electron chi connectivity index (χ3n) is 4.18. The van der Waals surface area contributed by atoms with Crippen LogP contribution < -0.4 is 5.32 Å². The first-order chi connectivity index (χ1) is 11.3. The summed E-state index contributed by atoms with van der Waals surface area (Å²) in [5, 5.41) is 4.06. The second-order valence-corrected chi connectivity index (χ2v) is 6.35.